The number of hydrogen-bond acceptors (Lipinski definition) is 5. The van der Waals surface area contributed by atoms with E-state index in [4.69, 9.17) is 10.2 Å². The van der Waals surface area contributed by atoms with E-state index in [0.717, 1.165) is 24.1 Å². The third-order valence-corrected chi connectivity index (χ3v) is 3.33. The zero-order valence-electron chi connectivity index (χ0n) is 9.27. The summed E-state index contributed by atoms with van der Waals surface area (Å²) in [5.74, 6) is 1.31. The van der Waals surface area contributed by atoms with Crippen LogP contribution in [0.4, 0.5) is 0 Å². The molecule has 0 saturated heterocycles. The van der Waals surface area contributed by atoms with Crippen molar-refractivity contribution >= 4 is 11.3 Å². The van der Waals surface area contributed by atoms with Crippen LogP contribution < -0.4 is 5.73 Å². The van der Waals surface area contributed by atoms with Crippen molar-refractivity contribution in [3.05, 3.63) is 22.9 Å². The number of nitrogens with zero attached hydrogens (tertiary/aromatic N) is 2. The Labute approximate surface area is 98.5 Å². The summed E-state index contributed by atoms with van der Waals surface area (Å²) in [6, 6.07) is 2.10. The third-order valence-electron chi connectivity index (χ3n) is 2.38. The largest absolute Gasteiger partial charge is 0.420 e. The Morgan fingerprint density at radius 2 is 2.31 bits per heavy atom. The Balaban J connectivity index is 2.18. The maximum absolute atomic E-state index is 5.61. The molecule has 86 valence electrons. The molecule has 0 saturated carbocycles. The highest BCUT2D eigenvalue weighted by Gasteiger charge is 2.12. The molecular weight excluding hydrogens is 222 g/mol. The zero-order chi connectivity index (χ0) is 11.4. The first kappa shape index (κ1) is 11.3. The highest BCUT2D eigenvalue weighted by atomic mass is 32.1. The molecule has 0 aromatic carbocycles. The summed E-state index contributed by atoms with van der Waals surface area (Å²) in [7, 11) is 0. The molecule has 2 heterocycles. The van der Waals surface area contributed by atoms with Crippen LogP contribution in [-0.2, 0) is 12.8 Å². The third kappa shape index (κ3) is 2.31. The van der Waals surface area contributed by atoms with Crippen molar-refractivity contribution in [3.8, 4) is 10.8 Å². The zero-order valence-corrected chi connectivity index (χ0v) is 10.1. The molecule has 0 fully saturated rings. The van der Waals surface area contributed by atoms with Gasteiger partial charge in [-0.1, -0.05) is 6.92 Å². The molecular formula is C11H15N3OS. The number of aryl methyl sites for hydroxylation is 2. The van der Waals surface area contributed by atoms with Gasteiger partial charge in [0, 0.05) is 6.42 Å². The Bertz CT molecular complexity index is 450. The molecule has 2 aromatic rings. The number of hydrogen-bond donors (Lipinski definition) is 1. The van der Waals surface area contributed by atoms with Gasteiger partial charge in [0.15, 0.2) is 0 Å². The average Bonchev–Trinajstić information content (AvgIpc) is 2.94. The lowest BCUT2D eigenvalue weighted by atomic mass is 10.2. The number of thiophene rings is 1. The van der Waals surface area contributed by atoms with Crippen molar-refractivity contribution in [2.24, 2.45) is 5.73 Å². The van der Waals surface area contributed by atoms with Gasteiger partial charge in [0.05, 0.1) is 4.88 Å². The molecule has 0 bridgehead atoms. The molecule has 0 radical (unpaired) electrons. The smallest absolute Gasteiger partial charge is 0.258 e. The van der Waals surface area contributed by atoms with Crippen LogP contribution in [0.5, 0.6) is 0 Å². The van der Waals surface area contributed by atoms with Crippen LogP contribution in [-0.4, -0.2) is 16.7 Å². The Morgan fingerprint density at radius 3 is 3.06 bits per heavy atom. The van der Waals surface area contributed by atoms with Gasteiger partial charge in [-0.05, 0) is 36.4 Å². The number of nitrogens with two attached hydrogens (primary N) is 1. The average molecular weight is 237 g/mol. The topological polar surface area (TPSA) is 64.9 Å². The highest BCUT2D eigenvalue weighted by molar-refractivity contribution is 7.13. The minimum Gasteiger partial charge on any atom is -0.420 e. The first-order valence-corrected chi connectivity index (χ1v) is 6.32. The van der Waals surface area contributed by atoms with Crippen LogP contribution in [0.15, 0.2) is 15.9 Å². The SMILES string of the molecule is CCc1ccsc1-c1nnc(CCCN)o1. The molecule has 2 aromatic heterocycles. The van der Waals surface area contributed by atoms with Gasteiger partial charge in [0.1, 0.15) is 0 Å². The molecule has 0 spiro atoms. The molecule has 0 unspecified atom stereocenters. The maximum Gasteiger partial charge on any atom is 0.258 e. The minimum absolute atomic E-state index is 0.638. The van der Waals surface area contributed by atoms with E-state index in [0.29, 0.717) is 18.3 Å². The molecule has 0 aliphatic rings. The standard InChI is InChI=1S/C11H15N3OS/c1-2-8-5-7-16-10(8)11-14-13-9(15-11)4-3-6-12/h5,7H,2-4,6,12H2,1H3. The summed E-state index contributed by atoms with van der Waals surface area (Å²) in [6.45, 7) is 2.77. The van der Waals surface area contributed by atoms with E-state index in [1.54, 1.807) is 11.3 Å². The van der Waals surface area contributed by atoms with Crippen molar-refractivity contribution in [1.82, 2.24) is 10.2 Å². The quantitative estimate of drug-likeness (QED) is 0.866. The van der Waals surface area contributed by atoms with Gasteiger partial charge in [-0.25, -0.2) is 0 Å². The second kappa shape index (κ2) is 5.23. The number of aromatic nitrogens is 2. The van der Waals surface area contributed by atoms with Gasteiger partial charge in [-0.3, -0.25) is 0 Å². The van der Waals surface area contributed by atoms with Gasteiger partial charge < -0.3 is 10.2 Å². The fourth-order valence-electron chi connectivity index (χ4n) is 1.50. The van der Waals surface area contributed by atoms with E-state index in [9.17, 15) is 0 Å². The summed E-state index contributed by atoms with van der Waals surface area (Å²) in [5.41, 5.74) is 6.70. The van der Waals surface area contributed by atoms with E-state index in [2.05, 4.69) is 28.6 Å². The molecule has 0 aliphatic heterocycles. The summed E-state index contributed by atoms with van der Waals surface area (Å²) in [5, 5.41) is 10.1. The van der Waals surface area contributed by atoms with E-state index in [1.165, 1.54) is 5.56 Å². The first-order chi connectivity index (χ1) is 7.85. The fourth-order valence-corrected chi connectivity index (χ4v) is 2.42. The van der Waals surface area contributed by atoms with Crippen molar-refractivity contribution in [2.45, 2.75) is 26.2 Å². The molecule has 0 amide bonds. The predicted molar refractivity (Wildman–Crippen MR) is 64.4 cm³/mol. The van der Waals surface area contributed by atoms with E-state index in [-0.39, 0.29) is 0 Å². The van der Waals surface area contributed by atoms with Crippen molar-refractivity contribution < 1.29 is 4.42 Å². The van der Waals surface area contributed by atoms with Gasteiger partial charge in [0.25, 0.3) is 5.89 Å². The lowest BCUT2D eigenvalue weighted by Crippen LogP contribution is -2.00. The second-order valence-electron chi connectivity index (χ2n) is 3.52. The lowest BCUT2D eigenvalue weighted by Gasteiger charge is -1.94. The van der Waals surface area contributed by atoms with Crippen molar-refractivity contribution in [2.75, 3.05) is 6.54 Å². The predicted octanol–water partition coefficient (Wildman–Crippen LogP) is 2.25. The van der Waals surface area contributed by atoms with Crippen LogP contribution in [0.25, 0.3) is 10.8 Å². The van der Waals surface area contributed by atoms with Gasteiger partial charge in [-0.15, -0.1) is 21.5 Å². The summed E-state index contributed by atoms with van der Waals surface area (Å²) >= 11 is 1.64. The molecule has 16 heavy (non-hydrogen) atoms. The van der Waals surface area contributed by atoms with Gasteiger partial charge in [0.2, 0.25) is 5.89 Å². The minimum atomic E-state index is 0.638. The van der Waals surface area contributed by atoms with E-state index >= 15 is 0 Å². The second-order valence-corrected chi connectivity index (χ2v) is 4.44. The molecule has 2 rings (SSSR count). The Kier molecular flexibility index (Phi) is 3.69. The molecule has 4 nitrogen and oxygen atoms in total. The summed E-state index contributed by atoms with van der Waals surface area (Å²) in [6.07, 6.45) is 2.63. The molecule has 2 N–H and O–H groups in total. The van der Waals surface area contributed by atoms with Crippen molar-refractivity contribution in [1.29, 1.82) is 0 Å². The first-order valence-electron chi connectivity index (χ1n) is 5.44. The lowest BCUT2D eigenvalue weighted by molar-refractivity contribution is 0.499. The van der Waals surface area contributed by atoms with E-state index < -0.39 is 0 Å². The van der Waals surface area contributed by atoms with Crippen LogP contribution in [0, 0.1) is 0 Å². The normalized spacial score (nSPS) is 10.9. The monoisotopic (exact) mass is 237 g/mol. The van der Waals surface area contributed by atoms with Crippen LogP contribution >= 0.6 is 11.3 Å². The van der Waals surface area contributed by atoms with Gasteiger partial charge >= 0.3 is 0 Å². The summed E-state index contributed by atoms with van der Waals surface area (Å²) in [4.78, 5) is 1.09. The van der Waals surface area contributed by atoms with Crippen LogP contribution in [0.1, 0.15) is 24.8 Å². The van der Waals surface area contributed by atoms with Crippen LogP contribution in [0.2, 0.25) is 0 Å². The van der Waals surface area contributed by atoms with Crippen molar-refractivity contribution in [3.63, 3.8) is 0 Å². The maximum atomic E-state index is 5.61. The highest BCUT2D eigenvalue weighted by Crippen LogP contribution is 2.28. The van der Waals surface area contributed by atoms with Gasteiger partial charge in [-0.2, -0.15) is 0 Å². The number of rotatable bonds is 5. The molecule has 0 aliphatic carbocycles. The van der Waals surface area contributed by atoms with E-state index in [1.807, 2.05) is 0 Å². The Hall–Kier alpha value is -1.20. The molecule has 0 atom stereocenters. The fraction of sp³-hybridized carbons (Fsp3) is 0.455. The Morgan fingerprint density at radius 1 is 1.44 bits per heavy atom. The van der Waals surface area contributed by atoms with Crippen LogP contribution in [0.3, 0.4) is 0 Å². The summed E-state index contributed by atoms with van der Waals surface area (Å²) < 4.78 is 5.61. The molecule has 5 heteroatoms.